The molecule has 0 atom stereocenters. The van der Waals surface area contributed by atoms with E-state index in [1.807, 2.05) is 0 Å². The number of fused-ring (bicyclic) bond motifs is 3. The van der Waals surface area contributed by atoms with Gasteiger partial charge in [-0.3, -0.25) is 0 Å². The molecule has 0 saturated carbocycles. The second kappa shape index (κ2) is 5.08. The molecule has 0 amide bonds. The van der Waals surface area contributed by atoms with Gasteiger partial charge in [0.25, 0.3) is 0 Å². The molecule has 0 N–H and O–H groups in total. The SMILES string of the molecule is Cc1cc(B2OC(C)(C)C(C)(C)O2)cc2ccc3ccccc3c12. The summed E-state index contributed by atoms with van der Waals surface area (Å²) in [6.07, 6.45) is 0. The van der Waals surface area contributed by atoms with E-state index >= 15 is 0 Å². The maximum atomic E-state index is 6.22. The molecule has 1 fully saturated rings. The number of hydrogen-bond acceptors (Lipinski definition) is 2. The van der Waals surface area contributed by atoms with Crippen LogP contribution in [0.3, 0.4) is 0 Å². The fraction of sp³-hybridized carbons (Fsp3) is 0.333. The average molecular weight is 318 g/mol. The summed E-state index contributed by atoms with van der Waals surface area (Å²) < 4.78 is 12.4. The molecule has 24 heavy (non-hydrogen) atoms. The predicted molar refractivity (Wildman–Crippen MR) is 102 cm³/mol. The van der Waals surface area contributed by atoms with Gasteiger partial charge in [0, 0.05) is 0 Å². The average Bonchev–Trinajstić information content (AvgIpc) is 2.75. The summed E-state index contributed by atoms with van der Waals surface area (Å²) in [5.41, 5.74) is 1.72. The minimum atomic E-state index is -0.316. The number of aryl methyl sites for hydroxylation is 1. The smallest absolute Gasteiger partial charge is 0.399 e. The highest BCUT2D eigenvalue weighted by Gasteiger charge is 2.51. The van der Waals surface area contributed by atoms with Crippen molar-refractivity contribution >= 4 is 34.1 Å². The van der Waals surface area contributed by atoms with Crippen molar-refractivity contribution < 1.29 is 9.31 Å². The first-order valence-electron chi connectivity index (χ1n) is 8.56. The van der Waals surface area contributed by atoms with Crippen molar-refractivity contribution in [1.29, 1.82) is 0 Å². The zero-order chi connectivity index (χ0) is 17.1. The summed E-state index contributed by atoms with van der Waals surface area (Å²) in [4.78, 5) is 0. The van der Waals surface area contributed by atoms with Crippen LogP contribution in [-0.2, 0) is 9.31 Å². The highest BCUT2D eigenvalue weighted by Crippen LogP contribution is 2.37. The van der Waals surface area contributed by atoms with Gasteiger partial charge in [-0.05, 0) is 67.2 Å². The molecule has 1 aliphatic heterocycles. The van der Waals surface area contributed by atoms with Crippen LogP contribution in [0.25, 0.3) is 21.5 Å². The van der Waals surface area contributed by atoms with Crippen molar-refractivity contribution in [3.05, 3.63) is 54.1 Å². The van der Waals surface area contributed by atoms with Gasteiger partial charge in [-0.25, -0.2) is 0 Å². The van der Waals surface area contributed by atoms with Crippen LogP contribution in [0.1, 0.15) is 33.3 Å². The Morgan fingerprint density at radius 2 is 1.42 bits per heavy atom. The molecule has 2 nitrogen and oxygen atoms in total. The van der Waals surface area contributed by atoms with Gasteiger partial charge in [0.15, 0.2) is 0 Å². The standard InChI is InChI=1S/C21H23BO2/c1-14-12-17(22-23-20(2,3)21(4,5)24-22)13-16-11-10-15-8-6-7-9-18(15)19(14)16/h6-13H,1-5H3. The first-order valence-corrected chi connectivity index (χ1v) is 8.56. The van der Waals surface area contributed by atoms with Crippen LogP contribution in [0.2, 0.25) is 0 Å². The molecule has 0 unspecified atom stereocenters. The van der Waals surface area contributed by atoms with Gasteiger partial charge in [0.05, 0.1) is 11.2 Å². The fourth-order valence-corrected chi connectivity index (χ4v) is 3.51. The van der Waals surface area contributed by atoms with E-state index in [0.717, 1.165) is 5.46 Å². The lowest BCUT2D eigenvalue weighted by molar-refractivity contribution is 0.00578. The minimum Gasteiger partial charge on any atom is -0.399 e. The molecule has 0 radical (unpaired) electrons. The maximum absolute atomic E-state index is 6.22. The Kier molecular flexibility index (Phi) is 3.32. The second-order valence-electron chi connectivity index (χ2n) is 7.81. The number of rotatable bonds is 1. The summed E-state index contributed by atoms with van der Waals surface area (Å²) in [5, 5.41) is 5.12. The van der Waals surface area contributed by atoms with Crippen LogP contribution >= 0.6 is 0 Å². The lowest BCUT2D eigenvalue weighted by Gasteiger charge is -2.32. The maximum Gasteiger partial charge on any atom is 0.494 e. The van der Waals surface area contributed by atoms with Gasteiger partial charge < -0.3 is 9.31 Å². The lowest BCUT2D eigenvalue weighted by Crippen LogP contribution is -2.41. The zero-order valence-electron chi connectivity index (χ0n) is 15.0. The molecular weight excluding hydrogens is 295 g/mol. The second-order valence-corrected chi connectivity index (χ2v) is 7.81. The predicted octanol–water partition coefficient (Wildman–Crippen LogP) is 4.60. The Morgan fingerprint density at radius 1 is 0.792 bits per heavy atom. The van der Waals surface area contributed by atoms with E-state index in [0.29, 0.717) is 0 Å². The Bertz CT molecular complexity index is 927. The fourth-order valence-electron chi connectivity index (χ4n) is 3.51. The number of hydrogen-bond donors (Lipinski definition) is 0. The zero-order valence-corrected chi connectivity index (χ0v) is 15.0. The van der Waals surface area contributed by atoms with Crippen LogP contribution < -0.4 is 5.46 Å². The first-order chi connectivity index (χ1) is 11.3. The van der Waals surface area contributed by atoms with Crippen LogP contribution in [0.15, 0.2) is 48.5 Å². The van der Waals surface area contributed by atoms with Crippen molar-refractivity contribution in [2.45, 2.75) is 45.8 Å². The molecule has 1 saturated heterocycles. The van der Waals surface area contributed by atoms with Crippen molar-refractivity contribution in [3.63, 3.8) is 0 Å². The molecule has 3 aromatic carbocycles. The van der Waals surface area contributed by atoms with Gasteiger partial charge in [0.2, 0.25) is 0 Å². The molecule has 0 spiro atoms. The van der Waals surface area contributed by atoms with Crippen molar-refractivity contribution in [2.75, 3.05) is 0 Å². The third-order valence-electron chi connectivity index (χ3n) is 5.59. The van der Waals surface area contributed by atoms with E-state index in [4.69, 9.17) is 9.31 Å². The molecular formula is C21H23BO2. The van der Waals surface area contributed by atoms with Crippen molar-refractivity contribution in [2.24, 2.45) is 0 Å². The monoisotopic (exact) mass is 318 g/mol. The molecule has 3 heteroatoms. The summed E-state index contributed by atoms with van der Waals surface area (Å²) in [6, 6.07) is 17.3. The molecule has 0 bridgehead atoms. The largest absolute Gasteiger partial charge is 0.494 e. The Morgan fingerprint density at radius 3 is 2.12 bits per heavy atom. The third-order valence-corrected chi connectivity index (χ3v) is 5.59. The molecule has 122 valence electrons. The highest BCUT2D eigenvalue weighted by molar-refractivity contribution is 6.62. The Hall–Kier alpha value is -1.84. The third kappa shape index (κ3) is 2.27. The molecule has 0 aliphatic carbocycles. The first kappa shape index (κ1) is 15.7. The Balaban J connectivity index is 1.87. The van der Waals surface area contributed by atoms with Gasteiger partial charge in [0.1, 0.15) is 0 Å². The van der Waals surface area contributed by atoms with E-state index < -0.39 is 0 Å². The van der Waals surface area contributed by atoms with Crippen molar-refractivity contribution in [1.82, 2.24) is 0 Å². The quantitative estimate of drug-likeness (QED) is 0.482. The van der Waals surface area contributed by atoms with Crippen LogP contribution in [0.4, 0.5) is 0 Å². The van der Waals surface area contributed by atoms with Crippen molar-refractivity contribution in [3.8, 4) is 0 Å². The summed E-state index contributed by atoms with van der Waals surface area (Å²) in [5.74, 6) is 0. The van der Waals surface area contributed by atoms with Gasteiger partial charge >= 0.3 is 7.12 Å². The summed E-state index contributed by atoms with van der Waals surface area (Å²) in [6.45, 7) is 10.5. The van der Waals surface area contributed by atoms with E-state index in [1.54, 1.807) is 0 Å². The lowest BCUT2D eigenvalue weighted by atomic mass is 9.77. The Labute approximate surface area is 143 Å². The summed E-state index contributed by atoms with van der Waals surface area (Å²) >= 11 is 0. The molecule has 3 aromatic rings. The normalized spacial score (nSPS) is 19.3. The highest BCUT2D eigenvalue weighted by atomic mass is 16.7. The topological polar surface area (TPSA) is 18.5 Å². The van der Waals surface area contributed by atoms with E-state index in [1.165, 1.54) is 27.1 Å². The van der Waals surface area contributed by atoms with Gasteiger partial charge in [-0.15, -0.1) is 0 Å². The molecule has 1 heterocycles. The molecule has 4 rings (SSSR count). The van der Waals surface area contributed by atoms with Crippen LogP contribution in [0, 0.1) is 6.92 Å². The van der Waals surface area contributed by atoms with Gasteiger partial charge in [-0.2, -0.15) is 0 Å². The minimum absolute atomic E-state index is 0.315. The molecule has 1 aliphatic rings. The summed E-state index contributed by atoms with van der Waals surface area (Å²) in [7, 11) is -0.315. The van der Waals surface area contributed by atoms with E-state index in [-0.39, 0.29) is 18.3 Å². The molecule has 0 aromatic heterocycles. The van der Waals surface area contributed by atoms with E-state index in [2.05, 4.69) is 83.1 Å². The van der Waals surface area contributed by atoms with Gasteiger partial charge in [-0.1, -0.05) is 48.5 Å². The van der Waals surface area contributed by atoms with E-state index in [9.17, 15) is 0 Å². The van der Waals surface area contributed by atoms with Crippen LogP contribution in [0.5, 0.6) is 0 Å². The number of benzene rings is 3. The van der Waals surface area contributed by atoms with Crippen LogP contribution in [-0.4, -0.2) is 18.3 Å².